The number of hydrogen-bond acceptors (Lipinski definition) is 1. The lowest BCUT2D eigenvalue weighted by Gasteiger charge is -2.09. The van der Waals surface area contributed by atoms with E-state index >= 15 is 0 Å². The van der Waals surface area contributed by atoms with Crippen LogP contribution >= 0.6 is 34.2 Å². The van der Waals surface area contributed by atoms with Crippen LogP contribution in [0.2, 0.25) is 5.02 Å². The zero-order valence-electron chi connectivity index (χ0n) is 10.1. The van der Waals surface area contributed by atoms with E-state index in [4.69, 9.17) is 11.6 Å². The fourth-order valence-corrected chi connectivity index (χ4v) is 2.97. The summed E-state index contributed by atoms with van der Waals surface area (Å²) in [7, 11) is 0. The van der Waals surface area contributed by atoms with Gasteiger partial charge in [0.1, 0.15) is 0 Å². The summed E-state index contributed by atoms with van der Waals surface area (Å²) >= 11 is 8.46. The molecule has 0 fully saturated rings. The van der Waals surface area contributed by atoms with Crippen LogP contribution in [0.5, 0.6) is 0 Å². The van der Waals surface area contributed by atoms with Gasteiger partial charge in [-0.05, 0) is 69.9 Å². The van der Waals surface area contributed by atoms with E-state index < -0.39 is 0 Å². The first kappa shape index (κ1) is 12.8. The van der Waals surface area contributed by atoms with Crippen LogP contribution in [-0.2, 0) is 6.54 Å². The van der Waals surface area contributed by atoms with E-state index in [0.717, 1.165) is 26.3 Å². The lowest BCUT2D eigenvalue weighted by atomic mass is 10.1. The number of H-pyrrole nitrogens is 1. The third kappa shape index (κ3) is 2.87. The molecule has 2 nitrogen and oxygen atoms in total. The maximum atomic E-state index is 6.20. The third-order valence-corrected chi connectivity index (χ3v) is 4.02. The molecular formula is C15H12ClIN2. The largest absolute Gasteiger partial charge is 0.380 e. The highest BCUT2D eigenvalue weighted by Crippen LogP contribution is 2.24. The van der Waals surface area contributed by atoms with Gasteiger partial charge in [-0.1, -0.05) is 17.7 Å². The smallest absolute Gasteiger partial charge is 0.0648 e. The molecule has 96 valence electrons. The average molecular weight is 383 g/mol. The molecule has 0 aliphatic rings. The van der Waals surface area contributed by atoms with Crippen LogP contribution in [0.1, 0.15) is 5.56 Å². The maximum absolute atomic E-state index is 6.20. The number of hydrogen-bond donors (Lipinski definition) is 2. The third-order valence-electron chi connectivity index (χ3n) is 3.03. The molecule has 1 aromatic heterocycles. The van der Waals surface area contributed by atoms with Crippen molar-refractivity contribution in [3.05, 3.63) is 62.8 Å². The van der Waals surface area contributed by atoms with Crippen LogP contribution in [0.4, 0.5) is 5.69 Å². The number of nitrogens with one attached hydrogen (secondary N) is 2. The number of benzene rings is 2. The maximum Gasteiger partial charge on any atom is 0.0648 e. The summed E-state index contributed by atoms with van der Waals surface area (Å²) in [6.07, 6.45) is 1.96. The molecule has 0 spiro atoms. The van der Waals surface area contributed by atoms with Gasteiger partial charge in [-0.15, -0.1) is 0 Å². The normalized spacial score (nSPS) is 10.8. The van der Waals surface area contributed by atoms with E-state index in [1.165, 1.54) is 10.9 Å². The van der Waals surface area contributed by atoms with Crippen molar-refractivity contribution < 1.29 is 0 Å². The SMILES string of the molecule is Clc1cc(I)ccc1NCc1ccc2[nH]ccc2c1. The molecule has 0 bridgehead atoms. The Labute approximate surface area is 130 Å². The first-order valence-corrected chi connectivity index (χ1v) is 7.43. The highest BCUT2D eigenvalue weighted by molar-refractivity contribution is 14.1. The van der Waals surface area contributed by atoms with Gasteiger partial charge < -0.3 is 10.3 Å². The van der Waals surface area contributed by atoms with Gasteiger partial charge in [0.2, 0.25) is 0 Å². The van der Waals surface area contributed by atoms with Crippen molar-refractivity contribution in [1.82, 2.24) is 4.98 Å². The molecule has 0 saturated heterocycles. The van der Waals surface area contributed by atoms with E-state index in [1.807, 2.05) is 24.4 Å². The number of aromatic nitrogens is 1. The molecule has 0 radical (unpaired) electrons. The van der Waals surface area contributed by atoms with Crippen molar-refractivity contribution >= 4 is 50.8 Å². The molecular weight excluding hydrogens is 371 g/mol. The van der Waals surface area contributed by atoms with Gasteiger partial charge in [-0.3, -0.25) is 0 Å². The van der Waals surface area contributed by atoms with Gasteiger partial charge >= 0.3 is 0 Å². The highest BCUT2D eigenvalue weighted by atomic mass is 127. The lowest BCUT2D eigenvalue weighted by molar-refractivity contribution is 1.15. The summed E-state index contributed by atoms with van der Waals surface area (Å²) in [4.78, 5) is 3.19. The quantitative estimate of drug-likeness (QED) is 0.610. The standard InChI is InChI=1S/C15H12ClIN2/c16-13-8-12(17)2-4-15(13)19-9-10-1-3-14-11(7-10)5-6-18-14/h1-8,18-19H,9H2. The molecule has 3 rings (SSSR count). The molecule has 19 heavy (non-hydrogen) atoms. The second-order valence-corrected chi connectivity index (χ2v) is 6.03. The summed E-state index contributed by atoms with van der Waals surface area (Å²) in [5.74, 6) is 0. The Bertz CT molecular complexity index is 721. The van der Waals surface area contributed by atoms with Crippen LogP contribution in [0.15, 0.2) is 48.7 Å². The number of halogens is 2. The van der Waals surface area contributed by atoms with E-state index in [0.29, 0.717) is 0 Å². The fourth-order valence-electron chi connectivity index (χ4n) is 2.04. The minimum absolute atomic E-state index is 0.759. The summed E-state index contributed by atoms with van der Waals surface area (Å²) in [5.41, 5.74) is 3.37. The predicted octanol–water partition coefficient (Wildman–Crippen LogP) is 5.04. The first-order valence-electron chi connectivity index (χ1n) is 5.97. The molecule has 3 aromatic rings. The van der Waals surface area contributed by atoms with Crippen LogP contribution in [0, 0.1) is 3.57 Å². The number of fused-ring (bicyclic) bond motifs is 1. The first-order chi connectivity index (χ1) is 9.22. The zero-order chi connectivity index (χ0) is 13.2. The van der Waals surface area contributed by atoms with Crippen LogP contribution in [0.25, 0.3) is 10.9 Å². The molecule has 0 unspecified atom stereocenters. The van der Waals surface area contributed by atoms with Crippen molar-refractivity contribution in [2.45, 2.75) is 6.54 Å². The van der Waals surface area contributed by atoms with Gasteiger partial charge in [0.05, 0.1) is 10.7 Å². The van der Waals surface area contributed by atoms with E-state index in [1.54, 1.807) is 0 Å². The van der Waals surface area contributed by atoms with Gasteiger partial charge in [0.15, 0.2) is 0 Å². The monoisotopic (exact) mass is 382 g/mol. The molecule has 0 aliphatic heterocycles. The number of anilines is 1. The molecule has 0 amide bonds. The predicted molar refractivity (Wildman–Crippen MR) is 89.8 cm³/mol. The minimum Gasteiger partial charge on any atom is -0.380 e. The Balaban J connectivity index is 1.77. The summed E-state index contributed by atoms with van der Waals surface area (Å²) in [6.45, 7) is 0.765. The molecule has 1 heterocycles. The van der Waals surface area contributed by atoms with Crippen LogP contribution in [0.3, 0.4) is 0 Å². The average Bonchev–Trinajstić information content (AvgIpc) is 2.85. The number of aromatic amines is 1. The lowest BCUT2D eigenvalue weighted by Crippen LogP contribution is -1.99. The zero-order valence-corrected chi connectivity index (χ0v) is 13.0. The molecule has 0 saturated carbocycles. The molecule has 0 atom stereocenters. The minimum atomic E-state index is 0.759. The molecule has 4 heteroatoms. The number of rotatable bonds is 3. The second-order valence-electron chi connectivity index (χ2n) is 4.38. The van der Waals surface area contributed by atoms with Gasteiger partial charge in [0.25, 0.3) is 0 Å². The van der Waals surface area contributed by atoms with Crippen molar-refractivity contribution in [1.29, 1.82) is 0 Å². The van der Waals surface area contributed by atoms with Gasteiger partial charge in [-0.25, -0.2) is 0 Å². The van der Waals surface area contributed by atoms with Gasteiger partial charge in [-0.2, -0.15) is 0 Å². The van der Waals surface area contributed by atoms with Crippen molar-refractivity contribution in [2.24, 2.45) is 0 Å². The van der Waals surface area contributed by atoms with Crippen molar-refractivity contribution in [2.75, 3.05) is 5.32 Å². The Morgan fingerprint density at radius 2 is 2.00 bits per heavy atom. The summed E-state index contributed by atoms with van der Waals surface area (Å²) in [6, 6.07) is 14.5. The Kier molecular flexibility index (Phi) is 3.66. The Hall–Kier alpha value is -1.20. The molecule has 2 aromatic carbocycles. The Morgan fingerprint density at radius 3 is 2.84 bits per heavy atom. The molecule has 0 aliphatic carbocycles. The summed E-state index contributed by atoms with van der Waals surface area (Å²) in [5, 5.41) is 5.36. The second kappa shape index (κ2) is 5.43. The highest BCUT2D eigenvalue weighted by Gasteiger charge is 2.01. The van der Waals surface area contributed by atoms with E-state index in [9.17, 15) is 0 Å². The van der Waals surface area contributed by atoms with Crippen LogP contribution in [-0.4, -0.2) is 4.98 Å². The van der Waals surface area contributed by atoms with E-state index in [-0.39, 0.29) is 0 Å². The summed E-state index contributed by atoms with van der Waals surface area (Å²) < 4.78 is 1.14. The van der Waals surface area contributed by atoms with Crippen molar-refractivity contribution in [3.8, 4) is 0 Å². The topological polar surface area (TPSA) is 27.8 Å². The van der Waals surface area contributed by atoms with Crippen LogP contribution < -0.4 is 5.32 Å². The fraction of sp³-hybridized carbons (Fsp3) is 0.0667. The van der Waals surface area contributed by atoms with Gasteiger partial charge in [0, 0.05) is 21.8 Å². The Morgan fingerprint density at radius 1 is 1.11 bits per heavy atom. The van der Waals surface area contributed by atoms with E-state index in [2.05, 4.69) is 57.2 Å². The van der Waals surface area contributed by atoms with Crippen molar-refractivity contribution in [3.63, 3.8) is 0 Å². The molecule has 2 N–H and O–H groups in total.